The highest BCUT2D eigenvalue weighted by molar-refractivity contribution is 5.34. The van der Waals surface area contributed by atoms with Gasteiger partial charge in [-0.3, -0.25) is 0 Å². The summed E-state index contributed by atoms with van der Waals surface area (Å²) in [7, 11) is 0. The molecular weight excluding hydrogens is 186 g/mol. The maximum absolute atomic E-state index is 10.0. The fraction of sp³-hybridized carbons (Fsp3) is 0.538. The molecule has 1 aromatic carbocycles. The van der Waals surface area contributed by atoms with Crippen molar-refractivity contribution in [1.82, 2.24) is 5.32 Å². The van der Waals surface area contributed by atoms with Crippen LogP contribution in [0.3, 0.4) is 0 Å². The van der Waals surface area contributed by atoms with E-state index in [1.807, 2.05) is 12.1 Å². The second-order valence-corrected chi connectivity index (χ2v) is 4.37. The number of hydrogen-bond donors (Lipinski definition) is 2. The van der Waals surface area contributed by atoms with Crippen LogP contribution in [0.5, 0.6) is 0 Å². The Balaban J connectivity index is 2.73. The Morgan fingerprint density at radius 2 is 1.93 bits per heavy atom. The number of rotatable bonds is 4. The summed E-state index contributed by atoms with van der Waals surface area (Å²) in [4.78, 5) is 0. The van der Waals surface area contributed by atoms with Crippen molar-refractivity contribution >= 4 is 0 Å². The molecule has 0 saturated heterocycles. The Kier molecular flexibility index (Phi) is 4.30. The van der Waals surface area contributed by atoms with Crippen LogP contribution in [0.2, 0.25) is 0 Å². The van der Waals surface area contributed by atoms with Gasteiger partial charge in [0.1, 0.15) is 0 Å². The van der Waals surface area contributed by atoms with E-state index in [9.17, 15) is 5.11 Å². The monoisotopic (exact) mass is 207 g/mol. The molecule has 1 aromatic rings. The number of aliphatic hydroxyl groups is 1. The topological polar surface area (TPSA) is 32.3 Å². The molecule has 84 valence electrons. The van der Waals surface area contributed by atoms with Crippen LogP contribution in [0, 0.1) is 13.8 Å². The lowest BCUT2D eigenvalue weighted by Gasteiger charge is -2.17. The second kappa shape index (κ2) is 5.29. The highest BCUT2D eigenvalue weighted by Crippen LogP contribution is 2.19. The van der Waals surface area contributed by atoms with Gasteiger partial charge >= 0.3 is 0 Å². The summed E-state index contributed by atoms with van der Waals surface area (Å²) in [6.07, 6.45) is -0.410. The van der Waals surface area contributed by atoms with Gasteiger partial charge in [-0.15, -0.1) is 0 Å². The molecule has 0 bridgehead atoms. The molecular formula is C13H21NO. The molecule has 0 amide bonds. The highest BCUT2D eigenvalue weighted by Gasteiger charge is 2.11. The van der Waals surface area contributed by atoms with Crippen LogP contribution in [0.25, 0.3) is 0 Å². The molecule has 2 heteroatoms. The van der Waals surface area contributed by atoms with Crippen LogP contribution in [0.4, 0.5) is 0 Å². The van der Waals surface area contributed by atoms with Crippen molar-refractivity contribution in [1.29, 1.82) is 0 Å². The summed E-state index contributed by atoms with van der Waals surface area (Å²) in [5.74, 6) is 0. The molecule has 1 unspecified atom stereocenters. The van der Waals surface area contributed by atoms with Crippen molar-refractivity contribution in [3.8, 4) is 0 Å². The van der Waals surface area contributed by atoms with Crippen molar-refractivity contribution in [3.63, 3.8) is 0 Å². The third kappa shape index (κ3) is 3.33. The molecule has 15 heavy (non-hydrogen) atoms. The second-order valence-electron chi connectivity index (χ2n) is 4.37. The minimum atomic E-state index is -0.410. The molecule has 0 radical (unpaired) electrons. The van der Waals surface area contributed by atoms with Gasteiger partial charge in [0.15, 0.2) is 0 Å². The summed E-state index contributed by atoms with van der Waals surface area (Å²) in [6, 6.07) is 6.47. The molecule has 0 fully saturated rings. The number of aliphatic hydroxyl groups excluding tert-OH is 1. The van der Waals surface area contributed by atoms with Gasteiger partial charge in [0.05, 0.1) is 6.10 Å². The van der Waals surface area contributed by atoms with Crippen LogP contribution in [-0.4, -0.2) is 17.7 Å². The molecule has 1 atom stereocenters. The Morgan fingerprint density at radius 3 is 2.53 bits per heavy atom. The maximum atomic E-state index is 10.0. The third-order valence-electron chi connectivity index (χ3n) is 2.72. The van der Waals surface area contributed by atoms with Gasteiger partial charge in [0.25, 0.3) is 0 Å². The average molecular weight is 207 g/mol. The Bertz CT molecular complexity index is 320. The van der Waals surface area contributed by atoms with E-state index in [-0.39, 0.29) is 0 Å². The molecule has 0 heterocycles. The Labute approximate surface area is 92.3 Å². The minimum absolute atomic E-state index is 0.407. The van der Waals surface area contributed by atoms with Crippen LogP contribution in [0.1, 0.15) is 36.6 Å². The quantitative estimate of drug-likeness (QED) is 0.794. The molecule has 0 aliphatic rings. The first kappa shape index (κ1) is 12.2. The van der Waals surface area contributed by atoms with Crippen molar-refractivity contribution < 1.29 is 5.11 Å². The lowest BCUT2D eigenvalue weighted by molar-refractivity contribution is 0.171. The minimum Gasteiger partial charge on any atom is -0.387 e. The van der Waals surface area contributed by atoms with Crippen molar-refractivity contribution in [2.45, 2.75) is 39.8 Å². The zero-order chi connectivity index (χ0) is 11.4. The predicted molar refractivity (Wildman–Crippen MR) is 64.0 cm³/mol. The van der Waals surface area contributed by atoms with Crippen LogP contribution >= 0.6 is 0 Å². The number of nitrogens with one attached hydrogen (secondary N) is 1. The summed E-state index contributed by atoms with van der Waals surface area (Å²) < 4.78 is 0. The normalized spacial score (nSPS) is 13.2. The molecule has 2 N–H and O–H groups in total. The third-order valence-corrected chi connectivity index (χ3v) is 2.72. The van der Waals surface area contributed by atoms with Gasteiger partial charge in [-0.2, -0.15) is 0 Å². The summed E-state index contributed by atoms with van der Waals surface area (Å²) >= 11 is 0. The van der Waals surface area contributed by atoms with E-state index in [1.165, 1.54) is 11.1 Å². The first-order valence-electron chi connectivity index (χ1n) is 5.50. The van der Waals surface area contributed by atoms with Gasteiger partial charge in [-0.25, -0.2) is 0 Å². The highest BCUT2D eigenvalue weighted by atomic mass is 16.3. The first-order chi connectivity index (χ1) is 7.02. The molecule has 0 aliphatic carbocycles. The van der Waals surface area contributed by atoms with E-state index in [1.54, 1.807) is 0 Å². The zero-order valence-corrected chi connectivity index (χ0v) is 10.0. The van der Waals surface area contributed by atoms with Crippen LogP contribution in [-0.2, 0) is 0 Å². The van der Waals surface area contributed by atoms with E-state index in [4.69, 9.17) is 0 Å². The van der Waals surface area contributed by atoms with Gasteiger partial charge in [-0.1, -0.05) is 32.0 Å². The van der Waals surface area contributed by atoms with Gasteiger partial charge in [0, 0.05) is 12.6 Å². The van der Waals surface area contributed by atoms with E-state index in [2.05, 4.69) is 39.1 Å². The fourth-order valence-corrected chi connectivity index (χ4v) is 1.59. The standard InChI is InChI=1S/C13H21NO/c1-9(2)14-8-13(15)12-7-5-6-10(3)11(12)4/h5-7,9,13-15H,8H2,1-4H3. The Morgan fingerprint density at radius 1 is 1.27 bits per heavy atom. The first-order valence-corrected chi connectivity index (χ1v) is 5.50. The van der Waals surface area contributed by atoms with Gasteiger partial charge < -0.3 is 10.4 Å². The van der Waals surface area contributed by atoms with E-state index in [0.717, 1.165) is 5.56 Å². The Hall–Kier alpha value is -0.860. The van der Waals surface area contributed by atoms with Crippen LogP contribution in [0.15, 0.2) is 18.2 Å². The van der Waals surface area contributed by atoms with E-state index >= 15 is 0 Å². The van der Waals surface area contributed by atoms with Crippen molar-refractivity contribution in [3.05, 3.63) is 34.9 Å². The summed E-state index contributed by atoms with van der Waals surface area (Å²) in [6.45, 7) is 8.90. The SMILES string of the molecule is Cc1cccc(C(O)CNC(C)C)c1C. The fourth-order valence-electron chi connectivity index (χ4n) is 1.59. The van der Waals surface area contributed by atoms with Crippen molar-refractivity contribution in [2.75, 3.05) is 6.54 Å². The lowest BCUT2D eigenvalue weighted by Crippen LogP contribution is -2.28. The molecule has 0 aromatic heterocycles. The van der Waals surface area contributed by atoms with Gasteiger partial charge in [-0.05, 0) is 30.5 Å². The van der Waals surface area contributed by atoms with Crippen molar-refractivity contribution in [2.24, 2.45) is 0 Å². The number of hydrogen-bond acceptors (Lipinski definition) is 2. The maximum Gasteiger partial charge on any atom is 0.0917 e. The predicted octanol–water partition coefficient (Wildman–Crippen LogP) is 2.33. The smallest absolute Gasteiger partial charge is 0.0917 e. The van der Waals surface area contributed by atoms with Crippen LogP contribution < -0.4 is 5.32 Å². The van der Waals surface area contributed by atoms with Gasteiger partial charge in [0.2, 0.25) is 0 Å². The molecule has 0 saturated carbocycles. The summed E-state index contributed by atoms with van der Waals surface area (Å²) in [5.41, 5.74) is 3.45. The molecule has 0 aliphatic heterocycles. The summed E-state index contributed by atoms with van der Waals surface area (Å²) in [5, 5.41) is 13.3. The lowest BCUT2D eigenvalue weighted by atomic mass is 9.99. The average Bonchev–Trinajstić information content (AvgIpc) is 2.18. The van der Waals surface area contributed by atoms with E-state index in [0.29, 0.717) is 12.6 Å². The number of aryl methyl sites for hydroxylation is 1. The van der Waals surface area contributed by atoms with E-state index < -0.39 is 6.10 Å². The largest absolute Gasteiger partial charge is 0.387 e. The zero-order valence-electron chi connectivity index (χ0n) is 10.0. The molecule has 2 nitrogen and oxygen atoms in total. The number of benzene rings is 1. The molecule has 1 rings (SSSR count). The molecule has 0 spiro atoms.